The van der Waals surface area contributed by atoms with Crippen molar-refractivity contribution in [2.45, 2.75) is 39.7 Å². The minimum atomic E-state index is -0.378. The Labute approximate surface area is 124 Å². The molecular formula is C15H22N4O2. The second-order valence-electron chi connectivity index (χ2n) is 5.26. The average Bonchev–Trinajstić information content (AvgIpc) is 2.45. The normalized spacial score (nSPS) is 11.8. The number of aromatic amines is 1. The monoisotopic (exact) mass is 290 g/mol. The lowest BCUT2D eigenvalue weighted by Gasteiger charge is -2.24. The lowest BCUT2D eigenvalue weighted by molar-refractivity contribution is -0.131. The summed E-state index contributed by atoms with van der Waals surface area (Å²) in [6, 6.07) is 1.90. The summed E-state index contributed by atoms with van der Waals surface area (Å²) in [7, 11) is 1.73. The van der Waals surface area contributed by atoms with Crippen LogP contribution in [0.4, 0.5) is 0 Å². The van der Waals surface area contributed by atoms with Crippen molar-refractivity contribution in [1.82, 2.24) is 9.88 Å². The van der Waals surface area contributed by atoms with Crippen molar-refractivity contribution in [3.05, 3.63) is 32.7 Å². The molecular weight excluding hydrogens is 268 g/mol. The van der Waals surface area contributed by atoms with Crippen molar-refractivity contribution in [2.75, 3.05) is 13.6 Å². The van der Waals surface area contributed by atoms with Crippen LogP contribution in [0, 0.1) is 25.2 Å². The third-order valence-corrected chi connectivity index (χ3v) is 3.90. The van der Waals surface area contributed by atoms with E-state index in [9.17, 15) is 9.59 Å². The summed E-state index contributed by atoms with van der Waals surface area (Å²) < 4.78 is 0. The third-order valence-electron chi connectivity index (χ3n) is 3.90. The lowest BCUT2D eigenvalue weighted by Crippen LogP contribution is -2.39. The highest BCUT2D eigenvalue weighted by atomic mass is 16.2. The number of rotatable bonds is 5. The standard InChI is InChI=1S/C15H22N4O2/c1-9(7-16)19(4)14(20)6-5-12-10(2)13(8-17)15(21)18-11(12)3/h9H,5-7,16H2,1-4H3,(H,18,21). The van der Waals surface area contributed by atoms with E-state index >= 15 is 0 Å². The Morgan fingerprint density at radius 3 is 2.62 bits per heavy atom. The van der Waals surface area contributed by atoms with E-state index < -0.39 is 0 Å². The number of nitrogens with zero attached hydrogens (tertiary/aromatic N) is 2. The zero-order valence-electron chi connectivity index (χ0n) is 13.0. The number of pyridine rings is 1. The Kier molecular flexibility index (Phi) is 5.68. The van der Waals surface area contributed by atoms with Crippen molar-refractivity contribution >= 4 is 5.91 Å². The second-order valence-corrected chi connectivity index (χ2v) is 5.26. The fraction of sp³-hybridized carbons (Fsp3) is 0.533. The van der Waals surface area contributed by atoms with Crippen LogP contribution in [0.15, 0.2) is 4.79 Å². The number of carbonyl (C=O) groups excluding carboxylic acids is 1. The van der Waals surface area contributed by atoms with Gasteiger partial charge in [0.05, 0.1) is 0 Å². The number of nitriles is 1. The summed E-state index contributed by atoms with van der Waals surface area (Å²) in [4.78, 5) is 28.0. The van der Waals surface area contributed by atoms with Crippen LogP contribution in [0.1, 0.15) is 35.7 Å². The van der Waals surface area contributed by atoms with Crippen LogP contribution < -0.4 is 11.3 Å². The fourth-order valence-electron chi connectivity index (χ4n) is 2.23. The van der Waals surface area contributed by atoms with Gasteiger partial charge in [-0.3, -0.25) is 9.59 Å². The highest BCUT2D eigenvalue weighted by Crippen LogP contribution is 2.15. The molecule has 1 rings (SSSR count). The van der Waals surface area contributed by atoms with Gasteiger partial charge in [0.1, 0.15) is 11.6 Å². The largest absolute Gasteiger partial charge is 0.342 e. The van der Waals surface area contributed by atoms with Gasteiger partial charge in [0, 0.05) is 31.7 Å². The molecule has 1 aromatic rings. The number of hydrogen-bond donors (Lipinski definition) is 2. The number of H-pyrrole nitrogens is 1. The van der Waals surface area contributed by atoms with Crippen molar-refractivity contribution in [2.24, 2.45) is 5.73 Å². The summed E-state index contributed by atoms with van der Waals surface area (Å²) in [5, 5.41) is 9.03. The zero-order chi connectivity index (χ0) is 16.2. The maximum Gasteiger partial charge on any atom is 0.266 e. The van der Waals surface area contributed by atoms with Crippen LogP contribution in [0.3, 0.4) is 0 Å². The number of nitrogens with two attached hydrogens (primary N) is 1. The maximum absolute atomic E-state index is 12.1. The molecule has 1 atom stereocenters. The number of amides is 1. The molecule has 0 aliphatic carbocycles. The molecule has 21 heavy (non-hydrogen) atoms. The Bertz CT molecular complexity index is 628. The molecule has 1 amide bonds. The maximum atomic E-state index is 12.1. The quantitative estimate of drug-likeness (QED) is 0.828. The van der Waals surface area contributed by atoms with Gasteiger partial charge in [-0.2, -0.15) is 5.26 Å². The van der Waals surface area contributed by atoms with Gasteiger partial charge < -0.3 is 15.6 Å². The predicted octanol–water partition coefficient (Wildman–Crippen LogP) is 0.602. The summed E-state index contributed by atoms with van der Waals surface area (Å²) >= 11 is 0. The van der Waals surface area contributed by atoms with Gasteiger partial charge in [0.25, 0.3) is 5.56 Å². The third kappa shape index (κ3) is 3.70. The summed E-state index contributed by atoms with van der Waals surface area (Å²) in [5.41, 5.74) is 7.51. The molecule has 3 N–H and O–H groups in total. The van der Waals surface area contributed by atoms with Crippen LogP contribution in [0.5, 0.6) is 0 Å². The first-order valence-corrected chi connectivity index (χ1v) is 6.91. The van der Waals surface area contributed by atoms with E-state index in [4.69, 9.17) is 11.0 Å². The van der Waals surface area contributed by atoms with Gasteiger partial charge in [-0.15, -0.1) is 0 Å². The molecule has 0 fully saturated rings. The molecule has 1 heterocycles. The Morgan fingerprint density at radius 1 is 1.48 bits per heavy atom. The van der Waals surface area contributed by atoms with Crippen molar-refractivity contribution < 1.29 is 4.79 Å². The first-order valence-electron chi connectivity index (χ1n) is 6.91. The van der Waals surface area contributed by atoms with Gasteiger partial charge >= 0.3 is 0 Å². The molecule has 0 spiro atoms. The van der Waals surface area contributed by atoms with Crippen LogP contribution in [0.25, 0.3) is 0 Å². The predicted molar refractivity (Wildman–Crippen MR) is 80.9 cm³/mol. The highest BCUT2D eigenvalue weighted by molar-refractivity contribution is 5.76. The van der Waals surface area contributed by atoms with E-state index in [2.05, 4.69) is 4.98 Å². The molecule has 0 radical (unpaired) electrons. The van der Waals surface area contributed by atoms with Crippen molar-refractivity contribution in [1.29, 1.82) is 5.26 Å². The molecule has 0 aliphatic rings. The van der Waals surface area contributed by atoms with E-state index in [-0.39, 0.29) is 23.1 Å². The van der Waals surface area contributed by atoms with Crippen LogP contribution in [0.2, 0.25) is 0 Å². The number of aryl methyl sites for hydroxylation is 1. The van der Waals surface area contributed by atoms with Gasteiger partial charge in [0.15, 0.2) is 0 Å². The highest BCUT2D eigenvalue weighted by Gasteiger charge is 2.17. The Morgan fingerprint density at radius 2 is 2.10 bits per heavy atom. The minimum Gasteiger partial charge on any atom is -0.342 e. The summed E-state index contributed by atoms with van der Waals surface area (Å²) in [5.74, 6) is -0.00328. The molecule has 114 valence electrons. The molecule has 0 saturated carbocycles. The van der Waals surface area contributed by atoms with E-state index in [1.807, 2.05) is 13.0 Å². The minimum absolute atomic E-state index is 0.00328. The van der Waals surface area contributed by atoms with Gasteiger partial charge in [0.2, 0.25) is 5.91 Å². The molecule has 0 saturated heterocycles. The van der Waals surface area contributed by atoms with Gasteiger partial charge in [-0.25, -0.2) is 0 Å². The zero-order valence-corrected chi connectivity index (χ0v) is 13.0. The van der Waals surface area contributed by atoms with E-state index in [1.54, 1.807) is 25.8 Å². The van der Waals surface area contributed by atoms with Crippen LogP contribution in [-0.4, -0.2) is 35.4 Å². The second kappa shape index (κ2) is 7.04. The smallest absolute Gasteiger partial charge is 0.266 e. The fourth-order valence-corrected chi connectivity index (χ4v) is 2.23. The topological polar surface area (TPSA) is 103 Å². The Hall–Kier alpha value is -2.13. The first kappa shape index (κ1) is 16.9. The van der Waals surface area contributed by atoms with Gasteiger partial charge in [-0.1, -0.05) is 0 Å². The number of carbonyl (C=O) groups is 1. The molecule has 0 aromatic carbocycles. The summed E-state index contributed by atoms with van der Waals surface area (Å²) in [6.07, 6.45) is 0.809. The van der Waals surface area contributed by atoms with Gasteiger partial charge in [-0.05, 0) is 38.3 Å². The number of aromatic nitrogens is 1. The van der Waals surface area contributed by atoms with Crippen LogP contribution >= 0.6 is 0 Å². The number of hydrogen-bond acceptors (Lipinski definition) is 4. The molecule has 0 bridgehead atoms. The molecule has 1 unspecified atom stereocenters. The van der Waals surface area contributed by atoms with Crippen LogP contribution in [-0.2, 0) is 11.2 Å². The van der Waals surface area contributed by atoms with E-state index in [1.165, 1.54) is 0 Å². The molecule has 1 aromatic heterocycles. The SMILES string of the molecule is Cc1[nH]c(=O)c(C#N)c(C)c1CCC(=O)N(C)C(C)CN. The number of nitrogens with one attached hydrogen (secondary N) is 1. The first-order chi connectivity index (χ1) is 9.83. The molecule has 6 nitrogen and oxygen atoms in total. The summed E-state index contributed by atoms with van der Waals surface area (Å²) in [6.45, 7) is 5.83. The Balaban J connectivity index is 2.93. The molecule has 0 aliphatic heterocycles. The average molecular weight is 290 g/mol. The van der Waals surface area contributed by atoms with E-state index in [0.29, 0.717) is 30.6 Å². The lowest BCUT2D eigenvalue weighted by atomic mass is 9.99. The van der Waals surface area contributed by atoms with Crippen molar-refractivity contribution in [3.63, 3.8) is 0 Å². The number of likely N-dealkylation sites (N-methyl/N-ethyl adjacent to an activating group) is 1. The molecule has 6 heteroatoms. The van der Waals surface area contributed by atoms with E-state index in [0.717, 1.165) is 5.56 Å². The van der Waals surface area contributed by atoms with Crippen molar-refractivity contribution in [3.8, 4) is 6.07 Å².